The van der Waals surface area contributed by atoms with Crippen molar-refractivity contribution in [2.75, 3.05) is 0 Å². The van der Waals surface area contributed by atoms with E-state index >= 15 is 0 Å². The van der Waals surface area contributed by atoms with Crippen LogP contribution in [0.25, 0.3) is 0 Å². The van der Waals surface area contributed by atoms with Crippen molar-refractivity contribution in [3.05, 3.63) is 79.9 Å². The molecule has 2 aromatic carbocycles. The Morgan fingerprint density at radius 1 is 0.909 bits per heavy atom. The molecule has 12 heteroatoms. The third kappa shape index (κ3) is 4.55. The molecule has 2 aliphatic rings. The lowest BCUT2D eigenvalue weighted by Crippen LogP contribution is -2.55. The summed E-state index contributed by atoms with van der Waals surface area (Å²) in [7, 11) is 0. The van der Waals surface area contributed by atoms with Crippen LogP contribution in [0.2, 0.25) is 0 Å². The van der Waals surface area contributed by atoms with Crippen LogP contribution in [0, 0.1) is 26.1 Å². The van der Waals surface area contributed by atoms with Gasteiger partial charge in [0.05, 0.1) is 9.85 Å². The number of carbonyl (C=O) groups is 2. The zero-order valence-electron chi connectivity index (χ0n) is 17.3. The Morgan fingerprint density at radius 3 is 2.06 bits per heavy atom. The number of nitro groups is 2. The van der Waals surface area contributed by atoms with Crippen molar-refractivity contribution < 1.29 is 19.4 Å². The predicted molar refractivity (Wildman–Crippen MR) is 116 cm³/mol. The van der Waals surface area contributed by atoms with Gasteiger partial charge in [-0.3, -0.25) is 35.2 Å². The van der Waals surface area contributed by atoms with Crippen molar-refractivity contribution in [2.45, 2.75) is 31.8 Å². The SMILES string of the molecule is O=C(NN[C@@H]1[C@@H]2CCCCC2=NN1C(=O)c1ccc([N+](=O)[O-])cc1)c1ccc([N+](=O)[O-])cc1. The second-order valence-corrected chi connectivity index (χ2v) is 7.74. The second kappa shape index (κ2) is 9.12. The molecule has 0 radical (unpaired) electrons. The number of carbonyl (C=O) groups excluding carboxylic acids is 2. The summed E-state index contributed by atoms with van der Waals surface area (Å²) in [6.07, 6.45) is 2.80. The lowest BCUT2D eigenvalue weighted by atomic mass is 9.86. The van der Waals surface area contributed by atoms with Gasteiger partial charge in [0.25, 0.3) is 23.2 Å². The zero-order valence-corrected chi connectivity index (χ0v) is 17.3. The maximum absolute atomic E-state index is 13.1. The van der Waals surface area contributed by atoms with Crippen molar-refractivity contribution in [2.24, 2.45) is 11.0 Å². The molecule has 2 aromatic rings. The van der Waals surface area contributed by atoms with E-state index in [0.29, 0.717) is 0 Å². The van der Waals surface area contributed by atoms with Crippen LogP contribution >= 0.6 is 0 Å². The summed E-state index contributed by atoms with van der Waals surface area (Å²) in [5.74, 6) is -1.05. The molecule has 0 saturated heterocycles. The summed E-state index contributed by atoms with van der Waals surface area (Å²) in [4.78, 5) is 46.3. The van der Waals surface area contributed by atoms with Crippen LogP contribution in [0.1, 0.15) is 46.4 Å². The zero-order chi connectivity index (χ0) is 23.5. The van der Waals surface area contributed by atoms with Gasteiger partial charge in [0.15, 0.2) is 0 Å². The molecule has 1 saturated carbocycles. The number of non-ortho nitro benzene ring substituents is 2. The number of nitrogens with zero attached hydrogens (tertiary/aromatic N) is 4. The molecule has 2 atom stereocenters. The Hall–Kier alpha value is -4.19. The van der Waals surface area contributed by atoms with Crippen LogP contribution < -0.4 is 10.9 Å². The molecule has 33 heavy (non-hydrogen) atoms. The highest BCUT2D eigenvalue weighted by Gasteiger charge is 2.41. The van der Waals surface area contributed by atoms with Gasteiger partial charge in [-0.15, -0.1) is 0 Å². The van der Waals surface area contributed by atoms with Crippen LogP contribution in [0.5, 0.6) is 0 Å². The minimum absolute atomic E-state index is 0.0853. The maximum Gasteiger partial charge on any atom is 0.275 e. The van der Waals surface area contributed by atoms with E-state index in [0.717, 1.165) is 31.4 Å². The Bertz CT molecular complexity index is 1130. The van der Waals surface area contributed by atoms with Crippen LogP contribution in [0.4, 0.5) is 11.4 Å². The van der Waals surface area contributed by atoms with E-state index in [1.807, 2.05) is 0 Å². The highest BCUT2D eigenvalue weighted by Crippen LogP contribution is 2.32. The fourth-order valence-electron chi connectivity index (χ4n) is 4.00. The molecule has 0 unspecified atom stereocenters. The molecular formula is C21H20N6O6. The summed E-state index contributed by atoms with van der Waals surface area (Å²) in [6, 6.07) is 10.4. The molecule has 0 aromatic heterocycles. The first-order chi connectivity index (χ1) is 15.8. The first-order valence-corrected chi connectivity index (χ1v) is 10.3. The van der Waals surface area contributed by atoms with E-state index in [-0.39, 0.29) is 28.4 Å². The van der Waals surface area contributed by atoms with E-state index in [9.17, 15) is 29.8 Å². The molecule has 1 fully saturated rings. The van der Waals surface area contributed by atoms with Crippen LogP contribution in [0.15, 0.2) is 53.6 Å². The maximum atomic E-state index is 13.1. The fourth-order valence-corrected chi connectivity index (χ4v) is 4.00. The molecule has 1 aliphatic carbocycles. The first-order valence-electron chi connectivity index (χ1n) is 10.3. The Morgan fingerprint density at radius 2 is 1.48 bits per heavy atom. The summed E-state index contributed by atoms with van der Waals surface area (Å²) >= 11 is 0. The van der Waals surface area contributed by atoms with Crippen molar-refractivity contribution in [1.82, 2.24) is 15.9 Å². The first kappa shape index (κ1) is 22.0. The van der Waals surface area contributed by atoms with Crippen LogP contribution in [0.3, 0.4) is 0 Å². The topological polar surface area (TPSA) is 160 Å². The quantitative estimate of drug-likeness (QED) is 0.503. The second-order valence-electron chi connectivity index (χ2n) is 7.74. The van der Waals surface area contributed by atoms with Gasteiger partial charge in [0, 0.05) is 47.0 Å². The molecule has 2 N–H and O–H groups in total. The van der Waals surface area contributed by atoms with Gasteiger partial charge in [-0.05, 0) is 43.5 Å². The van der Waals surface area contributed by atoms with Gasteiger partial charge in [0.1, 0.15) is 6.17 Å². The van der Waals surface area contributed by atoms with E-state index in [1.165, 1.54) is 53.5 Å². The van der Waals surface area contributed by atoms with Crippen molar-refractivity contribution >= 4 is 28.9 Å². The number of hydrazine groups is 1. The lowest BCUT2D eigenvalue weighted by molar-refractivity contribution is -0.385. The highest BCUT2D eigenvalue weighted by atomic mass is 16.6. The molecule has 0 bridgehead atoms. The molecule has 0 spiro atoms. The number of amides is 2. The summed E-state index contributed by atoms with van der Waals surface area (Å²) in [6.45, 7) is 0. The number of rotatable bonds is 6. The molecule has 1 aliphatic heterocycles. The van der Waals surface area contributed by atoms with E-state index in [1.54, 1.807) is 0 Å². The largest absolute Gasteiger partial charge is 0.285 e. The fraction of sp³-hybridized carbons (Fsp3) is 0.286. The van der Waals surface area contributed by atoms with Gasteiger partial charge in [-0.2, -0.15) is 5.10 Å². The summed E-state index contributed by atoms with van der Waals surface area (Å²) in [5.41, 5.74) is 6.51. The average molecular weight is 452 g/mol. The molecule has 12 nitrogen and oxygen atoms in total. The van der Waals surface area contributed by atoms with Crippen molar-refractivity contribution in [3.8, 4) is 0 Å². The number of hydrogen-bond acceptors (Lipinski definition) is 8. The summed E-state index contributed by atoms with van der Waals surface area (Å²) < 4.78 is 0. The number of fused-ring (bicyclic) bond motifs is 1. The minimum Gasteiger partial charge on any atom is -0.285 e. The van der Waals surface area contributed by atoms with Crippen molar-refractivity contribution in [1.29, 1.82) is 0 Å². The number of hydrazone groups is 1. The Balaban J connectivity index is 1.50. The van der Waals surface area contributed by atoms with Gasteiger partial charge >= 0.3 is 0 Å². The van der Waals surface area contributed by atoms with Gasteiger partial charge in [-0.1, -0.05) is 6.42 Å². The van der Waals surface area contributed by atoms with Gasteiger partial charge < -0.3 is 0 Å². The summed E-state index contributed by atoms with van der Waals surface area (Å²) in [5, 5.41) is 27.4. The molecular weight excluding hydrogens is 432 g/mol. The Kier molecular flexibility index (Phi) is 6.09. The van der Waals surface area contributed by atoms with Crippen LogP contribution in [-0.2, 0) is 0 Å². The Labute approximate surface area is 187 Å². The lowest BCUT2D eigenvalue weighted by Gasteiger charge is -2.29. The number of nitro benzene ring substituents is 2. The average Bonchev–Trinajstić information content (AvgIpc) is 3.20. The highest BCUT2D eigenvalue weighted by molar-refractivity contribution is 5.99. The van der Waals surface area contributed by atoms with Gasteiger partial charge in [0.2, 0.25) is 0 Å². The molecule has 170 valence electrons. The number of benzene rings is 2. The van der Waals surface area contributed by atoms with Crippen molar-refractivity contribution in [3.63, 3.8) is 0 Å². The molecule has 1 heterocycles. The minimum atomic E-state index is -0.634. The monoisotopic (exact) mass is 452 g/mol. The van der Waals surface area contributed by atoms with E-state index in [4.69, 9.17) is 0 Å². The predicted octanol–water partition coefficient (Wildman–Crippen LogP) is 2.77. The third-order valence-corrected chi connectivity index (χ3v) is 5.71. The normalized spacial score (nSPS) is 19.4. The molecule has 2 amide bonds. The van der Waals surface area contributed by atoms with E-state index < -0.39 is 27.8 Å². The standard InChI is InChI=1S/C21H20N6O6/c28-20(13-5-9-15(10-6-13)26(30)31)23-22-19-17-3-1-2-4-18(17)24-25(19)21(29)14-7-11-16(12-8-14)27(32)33/h5-12,17,19,22H,1-4H2,(H,23,28)/t17-,19+/m1/s1. The third-order valence-electron chi connectivity index (χ3n) is 5.71. The smallest absolute Gasteiger partial charge is 0.275 e. The molecule has 4 rings (SSSR count). The number of hydrogen-bond donors (Lipinski definition) is 2. The van der Waals surface area contributed by atoms with Gasteiger partial charge in [-0.25, -0.2) is 10.4 Å². The number of nitrogens with one attached hydrogen (secondary N) is 2. The van der Waals surface area contributed by atoms with E-state index in [2.05, 4.69) is 16.0 Å². The van der Waals surface area contributed by atoms with Crippen LogP contribution in [-0.4, -0.2) is 38.5 Å².